The number of carbonyl (C=O) groups is 1. The Balaban J connectivity index is 1.90. The van der Waals surface area contributed by atoms with Gasteiger partial charge in [0.15, 0.2) is 6.61 Å². The molecule has 1 heterocycles. The normalized spacial score (nSPS) is 10.8. The summed E-state index contributed by atoms with van der Waals surface area (Å²) in [5.41, 5.74) is 1.55. The van der Waals surface area contributed by atoms with E-state index in [2.05, 4.69) is 5.32 Å². The lowest BCUT2D eigenvalue weighted by Crippen LogP contribution is -2.29. The molecular formula is C21H20ClNO4. The maximum Gasteiger partial charge on any atom is 0.257 e. The number of carbonyl (C=O) groups excluding carboxylic acids is 1. The standard InChI is InChI=1S/C21H20ClNO4/c1-3-10-23-19(24)12-26-16-8-9-17-18(11-16)27-13(2)20(21(17)25)14-4-6-15(22)7-5-14/h4-9,11H,3,10,12H2,1-2H3,(H,23,24). The third-order valence-corrected chi connectivity index (χ3v) is 4.37. The Morgan fingerprint density at radius 1 is 1.19 bits per heavy atom. The highest BCUT2D eigenvalue weighted by molar-refractivity contribution is 6.30. The maximum atomic E-state index is 12.9. The smallest absolute Gasteiger partial charge is 0.257 e. The first kappa shape index (κ1) is 19.0. The van der Waals surface area contributed by atoms with Crippen molar-refractivity contribution in [1.82, 2.24) is 5.32 Å². The van der Waals surface area contributed by atoms with Gasteiger partial charge in [0.25, 0.3) is 5.91 Å². The molecule has 0 aliphatic rings. The Hall–Kier alpha value is -2.79. The molecule has 0 unspecified atom stereocenters. The first-order valence-electron chi connectivity index (χ1n) is 8.72. The van der Waals surface area contributed by atoms with Crippen LogP contribution in [0.2, 0.25) is 5.02 Å². The van der Waals surface area contributed by atoms with Gasteiger partial charge < -0.3 is 14.5 Å². The lowest BCUT2D eigenvalue weighted by atomic mass is 10.0. The fourth-order valence-electron chi connectivity index (χ4n) is 2.79. The summed E-state index contributed by atoms with van der Waals surface area (Å²) in [6.45, 7) is 4.25. The lowest BCUT2D eigenvalue weighted by Gasteiger charge is -2.10. The van der Waals surface area contributed by atoms with Gasteiger partial charge in [0.2, 0.25) is 5.43 Å². The lowest BCUT2D eigenvalue weighted by molar-refractivity contribution is -0.123. The van der Waals surface area contributed by atoms with E-state index in [1.165, 1.54) is 0 Å². The van der Waals surface area contributed by atoms with Crippen LogP contribution in [0.25, 0.3) is 22.1 Å². The first-order chi connectivity index (χ1) is 13.0. The highest BCUT2D eigenvalue weighted by Crippen LogP contribution is 2.27. The number of halogens is 1. The molecule has 1 aromatic heterocycles. The second-order valence-corrected chi connectivity index (χ2v) is 6.60. The number of nitrogens with one attached hydrogen (secondary N) is 1. The Labute approximate surface area is 161 Å². The fraction of sp³-hybridized carbons (Fsp3) is 0.238. The zero-order valence-corrected chi connectivity index (χ0v) is 15.9. The van der Waals surface area contributed by atoms with E-state index in [4.69, 9.17) is 20.8 Å². The van der Waals surface area contributed by atoms with Crippen molar-refractivity contribution in [3.8, 4) is 16.9 Å². The summed E-state index contributed by atoms with van der Waals surface area (Å²) in [6, 6.07) is 12.0. The average Bonchev–Trinajstić information content (AvgIpc) is 2.66. The number of hydrogen-bond acceptors (Lipinski definition) is 4. The molecule has 6 heteroatoms. The van der Waals surface area contributed by atoms with Crippen LogP contribution >= 0.6 is 11.6 Å². The van der Waals surface area contributed by atoms with E-state index < -0.39 is 0 Å². The van der Waals surface area contributed by atoms with Crippen molar-refractivity contribution in [2.24, 2.45) is 0 Å². The zero-order valence-electron chi connectivity index (χ0n) is 15.2. The van der Waals surface area contributed by atoms with Gasteiger partial charge in [-0.05, 0) is 43.2 Å². The van der Waals surface area contributed by atoms with Gasteiger partial charge in [0.05, 0.1) is 10.9 Å². The van der Waals surface area contributed by atoms with E-state index in [1.54, 1.807) is 49.4 Å². The van der Waals surface area contributed by atoms with Crippen LogP contribution in [0.15, 0.2) is 51.7 Å². The molecule has 27 heavy (non-hydrogen) atoms. The Morgan fingerprint density at radius 3 is 2.63 bits per heavy atom. The Kier molecular flexibility index (Phi) is 5.81. The molecular weight excluding hydrogens is 366 g/mol. The maximum absolute atomic E-state index is 12.9. The molecule has 0 aliphatic carbocycles. The van der Waals surface area contributed by atoms with Crippen LogP contribution in [0.5, 0.6) is 5.75 Å². The molecule has 0 atom stereocenters. The van der Waals surface area contributed by atoms with E-state index in [0.717, 1.165) is 12.0 Å². The largest absolute Gasteiger partial charge is 0.484 e. The Bertz CT molecular complexity index is 1020. The number of ether oxygens (including phenoxy) is 1. The van der Waals surface area contributed by atoms with Crippen molar-refractivity contribution >= 4 is 28.5 Å². The molecule has 3 aromatic rings. The number of hydrogen-bond donors (Lipinski definition) is 1. The predicted molar refractivity (Wildman–Crippen MR) is 106 cm³/mol. The van der Waals surface area contributed by atoms with Crippen molar-refractivity contribution in [3.63, 3.8) is 0 Å². The Morgan fingerprint density at radius 2 is 1.93 bits per heavy atom. The van der Waals surface area contributed by atoms with Gasteiger partial charge in [-0.3, -0.25) is 9.59 Å². The predicted octanol–water partition coefficient (Wildman–Crippen LogP) is 4.33. The van der Waals surface area contributed by atoms with Gasteiger partial charge in [-0.25, -0.2) is 0 Å². The molecule has 140 valence electrons. The topological polar surface area (TPSA) is 68.5 Å². The van der Waals surface area contributed by atoms with E-state index in [9.17, 15) is 9.59 Å². The molecule has 1 amide bonds. The van der Waals surface area contributed by atoms with E-state index >= 15 is 0 Å². The van der Waals surface area contributed by atoms with Gasteiger partial charge >= 0.3 is 0 Å². The van der Waals surface area contributed by atoms with Crippen LogP contribution in [-0.4, -0.2) is 19.1 Å². The molecule has 5 nitrogen and oxygen atoms in total. The van der Waals surface area contributed by atoms with Crippen molar-refractivity contribution in [2.75, 3.05) is 13.2 Å². The quantitative estimate of drug-likeness (QED) is 0.685. The number of benzene rings is 2. The minimum atomic E-state index is -0.187. The monoisotopic (exact) mass is 385 g/mol. The minimum absolute atomic E-state index is 0.0857. The summed E-state index contributed by atoms with van der Waals surface area (Å²) in [4.78, 5) is 24.6. The molecule has 1 N–H and O–H groups in total. The van der Waals surface area contributed by atoms with E-state index in [0.29, 0.717) is 39.6 Å². The van der Waals surface area contributed by atoms with Gasteiger partial charge in [0, 0.05) is 17.6 Å². The van der Waals surface area contributed by atoms with Gasteiger partial charge in [-0.2, -0.15) is 0 Å². The number of rotatable bonds is 6. The molecule has 0 saturated heterocycles. The first-order valence-corrected chi connectivity index (χ1v) is 9.10. The number of aryl methyl sites for hydroxylation is 1. The van der Waals surface area contributed by atoms with E-state index in [1.807, 2.05) is 6.92 Å². The van der Waals surface area contributed by atoms with Crippen LogP contribution in [0.4, 0.5) is 0 Å². The van der Waals surface area contributed by atoms with Crippen LogP contribution in [0, 0.1) is 6.92 Å². The molecule has 0 bridgehead atoms. The number of fused-ring (bicyclic) bond motifs is 1. The summed E-state index contributed by atoms with van der Waals surface area (Å²) < 4.78 is 11.3. The van der Waals surface area contributed by atoms with Crippen molar-refractivity contribution in [3.05, 3.63) is 63.5 Å². The molecule has 0 spiro atoms. The average molecular weight is 386 g/mol. The summed E-state index contributed by atoms with van der Waals surface area (Å²) >= 11 is 5.93. The summed E-state index contributed by atoms with van der Waals surface area (Å²) in [7, 11) is 0. The van der Waals surface area contributed by atoms with Crippen LogP contribution in [0.1, 0.15) is 19.1 Å². The van der Waals surface area contributed by atoms with Gasteiger partial charge in [-0.1, -0.05) is 30.7 Å². The molecule has 0 radical (unpaired) electrons. The van der Waals surface area contributed by atoms with Crippen LogP contribution < -0.4 is 15.5 Å². The SMILES string of the molecule is CCCNC(=O)COc1ccc2c(=O)c(-c3ccc(Cl)cc3)c(C)oc2c1. The summed E-state index contributed by atoms with van der Waals surface area (Å²) in [5, 5.41) is 3.80. The number of amides is 1. The van der Waals surface area contributed by atoms with Crippen molar-refractivity contribution in [2.45, 2.75) is 20.3 Å². The van der Waals surface area contributed by atoms with Crippen LogP contribution in [-0.2, 0) is 4.79 Å². The third-order valence-electron chi connectivity index (χ3n) is 4.11. The highest BCUT2D eigenvalue weighted by atomic mass is 35.5. The molecule has 0 saturated carbocycles. The van der Waals surface area contributed by atoms with Gasteiger partial charge in [0.1, 0.15) is 17.1 Å². The second kappa shape index (κ2) is 8.27. The zero-order chi connectivity index (χ0) is 19.4. The van der Waals surface area contributed by atoms with Crippen molar-refractivity contribution in [1.29, 1.82) is 0 Å². The second-order valence-electron chi connectivity index (χ2n) is 6.17. The fourth-order valence-corrected chi connectivity index (χ4v) is 2.92. The highest BCUT2D eigenvalue weighted by Gasteiger charge is 2.14. The van der Waals surface area contributed by atoms with Gasteiger partial charge in [-0.15, -0.1) is 0 Å². The minimum Gasteiger partial charge on any atom is -0.484 e. The van der Waals surface area contributed by atoms with Crippen molar-refractivity contribution < 1.29 is 13.9 Å². The molecule has 0 fully saturated rings. The third kappa shape index (κ3) is 4.31. The molecule has 0 aliphatic heterocycles. The van der Waals surface area contributed by atoms with Crippen LogP contribution in [0.3, 0.4) is 0 Å². The summed E-state index contributed by atoms with van der Waals surface area (Å²) in [5.74, 6) is 0.788. The van der Waals surface area contributed by atoms with E-state index in [-0.39, 0.29) is 17.9 Å². The summed E-state index contributed by atoms with van der Waals surface area (Å²) in [6.07, 6.45) is 0.863. The molecule has 2 aromatic carbocycles. The molecule has 3 rings (SSSR count).